The molecule has 2 heterocycles. The molecule has 0 radical (unpaired) electrons. The first-order valence-electron chi connectivity index (χ1n) is 5.54. The van der Waals surface area contributed by atoms with Crippen molar-refractivity contribution in [2.45, 2.75) is 18.5 Å². The van der Waals surface area contributed by atoms with E-state index >= 15 is 0 Å². The zero-order chi connectivity index (χ0) is 12.6. The van der Waals surface area contributed by atoms with Gasteiger partial charge in [-0.3, -0.25) is 0 Å². The van der Waals surface area contributed by atoms with Crippen LogP contribution in [0.25, 0.3) is 0 Å². The van der Waals surface area contributed by atoms with Gasteiger partial charge in [0.2, 0.25) is 0 Å². The van der Waals surface area contributed by atoms with Crippen LogP contribution in [0.15, 0.2) is 30.3 Å². The molecule has 0 bridgehead atoms. The van der Waals surface area contributed by atoms with Crippen LogP contribution in [-0.4, -0.2) is 33.8 Å². The van der Waals surface area contributed by atoms with Crippen LogP contribution < -0.4 is 0 Å². The molecule has 98 valence electrons. The van der Waals surface area contributed by atoms with Crippen LogP contribution in [0.3, 0.4) is 0 Å². The van der Waals surface area contributed by atoms with E-state index in [0.29, 0.717) is 0 Å². The van der Waals surface area contributed by atoms with E-state index in [-0.39, 0.29) is 13.2 Å². The molecule has 3 atom stereocenters. The fourth-order valence-electron chi connectivity index (χ4n) is 1.93. The van der Waals surface area contributed by atoms with Crippen LogP contribution in [0.5, 0.6) is 0 Å². The topological polar surface area (TPSA) is 71.1 Å². The average Bonchev–Trinajstić information content (AvgIpc) is 2.38. The van der Waals surface area contributed by atoms with E-state index in [1.54, 1.807) is 0 Å². The summed E-state index contributed by atoms with van der Waals surface area (Å²) in [7, 11) is -3.90. The molecule has 0 aliphatic carbocycles. The summed E-state index contributed by atoms with van der Waals surface area (Å²) in [4.78, 5) is 0. The molecule has 0 aromatic heterocycles. The SMILES string of the molecule is O=S1(=O)OC[C@@H]2OC(c3ccccc3)OC[C@H]2O1. The molecular weight excluding hydrogens is 260 g/mol. The van der Waals surface area contributed by atoms with E-state index in [0.717, 1.165) is 5.56 Å². The summed E-state index contributed by atoms with van der Waals surface area (Å²) in [5, 5.41) is 0. The Labute approximate surface area is 105 Å². The van der Waals surface area contributed by atoms with Gasteiger partial charge in [-0.05, 0) is 0 Å². The molecule has 2 aliphatic rings. The Bertz CT molecular complexity index is 514. The number of hydrogen-bond donors (Lipinski definition) is 0. The van der Waals surface area contributed by atoms with Gasteiger partial charge in [0.15, 0.2) is 6.29 Å². The molecule has 2 saturated heterocycles. The van der Waals surface area contributed by atoms with Gasteiger partial charge in [-0.15, -0.1) is 0 Å². The van der Waals surface area contributed by atoms with Crippen molar-refractivity contribution in [2.24, 2.45) is 0 Å². The van der Waals surface area contributed by atoms with Gasteiger partial charge >= 0.3 is 10.4 Å². The zero-order valence-corrected chi connectivity index (χ0v) is 10.2. The Morgan fingerprint density at radius 2 is 1.83 bits per heavy atom. The molecule has 2 fully saturated rings. The maximum absolute atomic E-state index is 11.1. The van der Waals surface area contributed by atoms with E-state index in [1.165, 1.54) is 0 Å². The lowest BCUT2D eigenvalue weighted by molar-refractivity contribution is -0.264. The summed E-state index contributed by atoms with van der Waals surface area (Å²) < 4.78 is 42.6. The van der Waals surface area contributed by atoms with Crippen LogP contribution in [0, 0.1) is 0 Å². The van der Waals surface area contributed by atoms with Crippen LogP contribution in [-0.2, 0) is 28.2 Å². The average molecular weight is 272 g/mol. The number of hydrogen-bond acceptors (Lipinski definition) is 6. The van der Waals surface area contributed by atoms with Crippen molar-refractivity contribution < 1.29 is 26.3 Å². The maximum atomic E-state index is 11.1. The standard InChI is InChI=1S/C11H12O6S/c12-18(13)15-7-9-10(17-18)6-14-11(16-9)8-4-2-1-3-5-8/h1-5,9-11H,6-7H2/t9-,10+,11?/m0/s1. The highest BCUT2D eigenvalue weighted by Crippen LogP contribution is 2.30. The molecule has 0 spiro atoms. The molecule has 7 heteroatoms. The van der Waals surface area contributed by atoms with E-state index < -0.39 is 28.9 Å². The Morgan fingerprint density at radius 1 is 1.06 bits per heavy atom. The zero-order valence-electron chi connectivity index (χ0n) is 9.39. The maximum Gasteiger partial charge on any atom is 0.400 e. The summed E-state index contributed by atoms with van der Waals surface area (Å²) in [6.07, 6.45) is -1.59. The molecule has 1 unspecified atom stereocenters. The second-order valence-electron chi connectivity index (χ2n) is 4.08. The van der Waals surface area contributed by atoms with Crippen LogP contribution >= 0.6 is 0 Å². The summed E-state index contributed by atoms with van der Waals surface area (Å²) in [5.41, 5.74) is 0.879. The second-order valence-corrected chi connectivity index (χ2v) is 5.32. The Balaban J connectivity index is 1.72. The predicted octanol–water partition coefficient (Wildman–Crippen LogP) is 0.761. The quantitative estimate of drug-likeness (QED) is 0.751. The summed E-state index contributed by atoms with van der Waals surface area (Å²) in [6.45, 7) is 0.118. The Morgan fingerprint density at radius 3 is 2.61 bits per heavy atom. The third-order valence-corrected chi connectivity index (χ3v) is 3.72. The highest BCUT2D eigenvalue weighted by atomic mass is 32.3. The summed E-state index contributed by atoms with van der Waals surface area (Å²) in [6, 6.07) is 9.42. The van der Waals surface area contributed by atoms with Crippen molar-refractivity contribution in [3.05, 3.63) is 35.9 Å². The lowest BCUT2D eigenvalue weighted by atomic mass is 10.1. The fourth-order valence-corrected chi connectivity index (χ4v) is 2.76. The first-order chi connectivity index (χ1) is 8.64. The number of rotatable bonds is 1. The monoisotopic (exact) mass is 272 g/mol. The lowest BCUT2D eigenvalue weighted by Gasteiger charge is -2.37. The molecule has 1 aromatic carbocycles. The van der Waals surface area contributed by atoms with Gasteiger partial charge in [0, 0.05) is 5.56 Å². The number of benzene rings is 1. The second kappa shape index (κ2) is 4.60. The molecule has 18 heavy (non-hydrogen) atoms. The van der Waals surface area contributed by atoms with E-state index in [2.05, 4.69) is 4.18 Å². The molecular formula is C11H12O6S. The Hall–Kier alpha value is -0.990. The molecule has 3 rings (SSSR count). The van der Waals surface area contributed by atoms with E-state index in [9.17, 15) is 8.42 Å². The molecule has 0 amide bonds. The smallest absolute Gasteiger partial charge is 0.346 e. The number of fused-ring (bicyclic) bond motifs is 1. The molecule has 2 aliphatic heterocycles. The number of ether oxygens (including phenoxy) is 2. The normalized spacial score (nSPS) is 34.8. The van der Waals surface area contributed by atoms with Crippen molar-refractivity contribution >= 4 is 10.4 Å². The Kier molecular flexibility index (Phi) is 3.08. The van der Waals surface area contributed by atoms with Gasteiger partial charge in [-0.25, -0.2) is 8.37 Å². The van der Waals surface area contributed by atoms with Crippen LogP contribution in [0.2, 0.25) is 0 Å². The fraction of sp³-hybridized carbons (Fsp3) is 0.455. The van der Waals surface area contributed by atoms with Gasteiger partial charge in [-0.2, -0.15) is 8.42 Å². The highest BCUT2D eigenvalue weighted by Gasteiger charge is 2.41. The third-order valence-electron chi connectivity index (χ3n) is 2.81. The van der Waals surface area contributed by atoms with Gasteiger partial charge in [-0.1, -0.05) is 30.3 Å². The predicted molar refractivity (Wildman–Crippen MR) is 59.8 cm³/mol. The molecule has 0 N–H and O–H groups in total. The highest BCUT2D eigenvalue weighted by molar-refractivity contribution is 7.81. The summed E-state index contributed by atoms with van der Waals surface area (Å²) in [5.74, 6) is 0. The van der Waals surface area contributed by atoms with Crippen LogP contribution in [0.4, 0.5) is 0 Å². The third kappa shape index (κ3) is 2.40. The summed E-state index contributed by atoms with van der Waals surface area (Å²) >= 11 is 0. The first-order valence-corrected chi connectivity index (χ1v) is 6.87. The van der Waals surface area contributed by atoms with Gasteiger partial charge in [0.1, 0.15) is 12.2 Å². The van der Waals surface area contributed by atoms with E-state index in [4.69, 9.17) is 13.7 Å². The van der Waals surface area contributed by atoms with Gasteiger partial charge in [0.05, 0.1) is 13.2 Å². The molecule has 0 saturated carbocycles. The van der Waals surface area contributed by atoms with Gasteiger partial charge in [0.25, 0.3) is 0 Å². The minimum absolute atomic E-state index is 0.0420. The van der Waals surface area contributed by atoms with Gasteiger partial charge < -0.3 is 9.47 Å². The van der Waals surface area contributed by atoms with Crippen molar-refractivity contribution in [3.63, 3.8) is 0 Å². The van der Waals surface area contributed by atoms with E-state index in [1.807, 2.05) is 30.3 Å². The van der Waals surface area contributed by atoms with Crippen molar-refractivity contribution in [1.82, 2.24) is 0 Å². The van der Waals surface area contributed by atoms with Crippen molar-refractivity contribution in [3.8, 4) is 0 Å². The molecule has 1 aromatic rings. The van der Waals surface area contributed by atoms with Crippen molar-refractivity contribution in [2.75, 3.05) is 13.2 Å². The van der Waals surface area contributed by atoms with Crippen molar-refractivity contribution in [1.29, 1.82) is 0 Å². The minimum atomic E-state index is -3.90. The molecule has 6 nitrogen and oxygen atoms in total. The minimum Gasteiger partial charge on any atom is -0.346 e. The first kappa shape index (κ1) is 12.1. The van der Waals surface area contributed by atoms with Crippen LogP contribution in [0.1, 0.15) is 11.9 Å². The largest absolute Gasteiger partial charge is 0.400 e. The lowest BCUT2D eigenvalue weighted by Crippen LogP contribution is -2.49.